The topological polar surface area (TPSA) is 228 Å². The van der Waals surface area contributed by atoms with Crippen molar-refractivity contribution in [1.29, 1.82) is 0 Å². The fourth-order valence-corrected chi connectivity index (χ4v) is 12.7. The molecule has 0 aliphatic heterocycles. The first-order chi connectivity index (χ1) is 29.4. The van der Waals surface area contributed by atoms with Crippen LogP contribution in [0, 0.1) is 62.4 Å². The van der Waals surface area contributed by atoms with Gasteiger partial charge in [0.05, 0.1) is 36.3 Å². The molecule has 1 amide bonds. The highest BCUT2D eigenvalue weighted by Gasteiger charge is 2.60. The number of hydrogen-bond acceptors (Lipinski definition) is 11. The number of fused-ring (bicyclic) bond motifs is 6. The second-order valence-corrected chi connectivity index (χ2v) is 18.8. The number of nitro groups is 1. The molecule has 7 rings (SSSR count). The molecule has 11 atom stereocenters. The average Bonchev–Trinajstić information content (AvgIpc) is 3.88. The van der Waals surface area contributed by atoms with Gasteiger partial charge < -0.3 is 25.2 Å². The van der Waals surface area contributed by atoms with Gasteiger partial charge in [-0.05, 0) is 144 Å². The lowest BCUT2D eigenvalue weighted by Gasteiger charge is -2.61. The van der Waals surface area contributed by atoms with Crippen LogP contribution in [0.5, 0.6) is 0 Å². The third kappa shape index (κ3) is 9.66. The van der Waals surface area contributed by atoms with Crippen molar-refractivity contribution in [3.8, 4) is 0 Å². The molecule has 330 valence electrons. The summed E-state index contributed by atoms with van der Waals surface area (Å²) in [7, 11) is 0. The number of carboxylic acids is 1. The third-order valence-corrected chi connectivity index (χ3v) is 15.7. The van der Waals surface area contributed by atoms with E-state index in [2.05, 4.69) is 51.7 Å². The largest absolute Gasteiger partial charge is 0.481 e. The van der Waals surface area contributed by atoms with Gasteiger partial charge in [0.25, 0.3) is 0 Å². The normalized spacial score (nSPS) is 29.6. The van der Waals surface area contributed by atoms with Gasteiger partial charge in [-0.3, -0.25) is 19.7 Å². The molecule has 0 radical (unpaired) electrons. The van der Waals surface area contributed by atoms with Crippen molar-refractivity contribution in [3.63, 3.8) is 0 Å². The summed E-state index contributed by atoms with van der Waals surface area (Å²) in [5.74, 6) is 1.99. The fourth-order valence-electron chi connectivity index (χ4n) is 12.7. The Labute approximate surface area is 357 Å². The maximum Gasteiger partial charge on any atom is 0.306 e. The van der Waals surface area contributed by atoms with Crippen LogP contribution in [-0.4, -0.2) is 77.3 Å². The fraction of sp³-hybridized carbons (Fsp3) is 0.689. The SMILES string of the molecule is C[C@H](CC(CCOCCOCCN=[N+]=[N-])C(=O)O)C1CCC2C3CC[C@@H]4C[C@H](NC(=O)[C@H](Cc5ccccc5)Nc5ccc([N+](=O)[O-])c6nonc56)CC[C@]4(C)C3CC[C@@]21C. The maximum atomic E-state index is 14.2. The quantitative estimate of drug-likeness (QED) is 0.0243. The lowest BCUT2D eigenvalue weighted by atomic mass is 9.44. The molecule has 4 aliphatic carbocycles. The van der Waals surface area contributed by atoms with E-state index < -0.39 is 22.9 Å². The van der Waals surface area contributed by atoms with E-state index in [0.717, 1.165) is 37.7 Å². The van der Waals surface area contributed by atoms with Gasteiger partial charge in [-0.2, -0.15) is 0 Å². The van der Waals surface area contributed by atoms with Crippen molar-refractivity contribution < 1.29 is 33.7 Å². The highest BCUT2D eigenvalue weighted by Crippen LogP contribution is 2.68. The summed E-state index contributed by atoms with van der Waals surface area (Å²) in [5, 5.41) is 39.7. The molecule has 3 aromatic rings. The molecule has 16 heteroatoms. The Hall–Kier alpha value is -4.79. The molecule has 61 heavy (non-hydrogen) atoms. The van der Waals surface area contributed by atoms with Crippen LogP contribution in [0.3, 0.4) is 0 Å². The number of azide groups is 1. The number of aliphatic carboxylic acids is 1. The van der Waals surface area contributed by atoms with Crippen LogP contribution in [0.1, 0.15) is 97.0 Å². The van der Waals surface area contributed by atoms with Crippen molar-refractivity contribution in [2.75, 3.05) is 38.3 Å². The smallest absolute Gasteiger partial charge is 0.306 e. The molecule has 0 spiro atoms. The Kier molecular flexibility index (Phi) is 14.2. The number of aromatic nitrogens is 2. The standard InChI is InChI=1S/C45H62N8O8/c1-28(25-30(43(55)56)17-21-59-23-24-60-22-20-47-52-46)34-11-12-35-33-10-9-31-27-32(15-18-44(31,2)36(33)16-19-45(34,35)3)48-42(54)38(26-29-7-5-4-6-8-29)49-37-13-14-39(53(57)58)41-40(37)50-61-51-41/h4-8,13-14,28,30-36,38,49H,9-12,15-27H2,1-3H3,(H,48,54)(H,55,56)/t28-,30?,31-,32-,33?,34?,35?,36?,38+,44+,45-/m1/s1. The minimum absolute atomic E-state index is 0.0337. The summed E-state index contributed by atoms with van der Waals surface area (Å²) in [6, 6.07) is 12.1. The Morgan fingerprint density at radius 1 is 0.984 bits per heavy atom. The van der Waals surface area contributed by atoms with E-state index in [0.29, 0.717) is 86.9 Å². The van der Waals surface area contributed by atoms with Gasteiger partial charge in [0.2, 0.25) is 11.4 Å². The van der Waals surface area contributed by atoms with Crippen LogP contribution in [0.25, 0.3) is 21.5 Å². The van der Waals surface area contributed by atoms with Crippen molar-refractivity contribution in [2.45, 2.75) is 110 Å². The number of nitrogens with one attached hydrogen (secondary N) is 2. The van der Waals surface area contributed by atoms with Crippen LogP contribution < -0.4 is 10.6 Å². The summed E-state index contributed by atoms with van der Waals surface area (Å²) in [6.07, 6.45) is 11.6. The second kappa shape index (κ2) is 19.5. The Morgan fingerprint density at radius 3 is 2.48 bits per heavy atom. The summed E-state index contributed by atoms with van der Waals surface area (Å²) in [5.41, 5.74) is 10.3. The Bertz CT molecular complexity index is 2040. The number of carbonyl (C=O) groups excluding carboxylic acids is 1. The van der Waals surface area contributed by atoms with E-state index in [4.69, 9.17) is 19.6 Å². The van der Waals surface area contributed by atoms with Gasteiger partial charge in [-0.15, -0.1) is 0 Å². The number of amides is 1. The van der Waals surface area contributed by atoms with E-state index in [1.807, 2.05) is 30.3 Å². The zero-order valence-electron chi connectivity index (χ0n) is 35.7. The van der Waals surface area contributed by atoms with Crippen LogP contribution >= 0.6 is 0 Å². The second-order valence-electron chi connectivity index (χ2n) is 18.8. The monoisotopic (exact) mass is 842 g/mol. The van der Waals surface area contributed by atoms with Crippen LogP contribution in [0.4, 0.5) is 11.4 Å². The lowest BCUT2D eigenvalue weighted by molar-refractivity contribution is -0.383. The zero-order chi connectivity index (χ0) is 43.1. The van der Waals surface area contributed by atoms with E-state index in [-0.39, 0.29) is 46.0 Å². The van der Waals surface area contributed by atoms with Gasteiger partial charge in [-0.1, -0.05) is 56.2 Å². The number of ether oxygens (including phenoxy) is 2. The highest BCUT2D eigenvalue weighted by atomic mass is 16.6. The summed E-state index contributed by atoms with van der Waals surface area (Å²) >= 11 is 0. The Balaban J connectivity index is 0.948. The molecule has 4 aliphatic rings. The van der Waals surface area contributed by atoms with Crippen LogP contribution in [0.15, 0.2) is 52.2 Å². The van der Waals surface area contributed by atoms with E-state index in [1.54, 1.807) is 6.07 Å². The number of benzene rings is 2. The molecular weight excluding hydrogens is 781 g/mol. The average molecular weight is 843 g/mol. The molecular formula is C45H62N8O8. The zero-order valence-corrected chi connectivity index (χ0v) is 35.7. The van der Waals surface area contributed by atoms with Crippen LogP contribution in [0.2, 0.25) is 0 Å². The first-order valence-corrected chi connectivity index (χ1v) is 22.3. The van der Waals surface area contributed by atoms with Gasteiger partial charge in [0.1, 0.15) is 6.04 Å². The van der Waals surface area contributed by atoms with E-state index >= 15 is 0 Å². The number of nitrogens with zero attached hydrogens (tertiary/aromatic N) is 6. The Morgan fingerprint density at radius 2 is 1.72 bits per heavy atom. The van der Waals surface area contributed by atoms with Crippen molar-refractivity contribution in [2.24, 2.45) is 57.4 Å². The number of hydrogen-bond donors (Lipinski definition) is 3. The molecule has 2 aromatic carbocycles. The molecule has 1 aromatic heterocycles. The molecule has 5 unspecified atom stereocenters. The number of anilines is 1. The minimum atomic E-state index is -0.750. The summed E-state index contributed by atoms with van der Waals surface area (Å²) < 4.78 is 16.0. The molecule has 0 saturated heterocycles. The number of nitro benzene ring substituents is 1. The number of carbonyl (C=O) groups is 2. The maximum absolute atomic E-state index is 14.2. The molecule has 1 heterocycles. The van der Waals surface area contributed by atoms with Crippen molar-refractivity contribution in [3.05, 3.63) is 68.6 Å². The predicted molar refractivity (Wildman–Crippen MR) is 228 cm³/mol. The van der Waals surface area contributed by atoms with E-state index in [9.17, 15) is 24.8 Å². The van der Waals surface area contributed by atoms with Gasteiger partial charge in [0, 0.05) is 36.6 Å². The molecule has 4 saturated carbocycles. The number of rotatable bonds is 20. The first kappa shape index (κ1) is 44.3. The summed E-state index contributed by atoms with van der Waals surface area (Å²) in [6.45, 7) is 9.08. The van der Waals surface area contributed by atoms with Gasteiger partial charge in [0.15, 0.2) is 5.52 Å². The number of non-ortho nitro benzene ring substituents is 1. The van der Waals surface area contributed by atoms with Gasteiger partial charge in [-0.25, -0.2) is 4.63 Å². The van der Waals surface area contributed by atoms with Crippen LogP contribution in [-0.2, 0) is 25.5 Å². The summed E-state index contributed by atoms with van der Waals surface area (Å²) in [4.78, 5) is 40.4. The van der Waals surface area contributed by atoms with Crippen molar-refractivity contribution in [1.82, 2.24) is 15.6 Å². The molecule has 3 N–H and O–H groups in total. The predicted octanol–water partition coefficient (Wildman–Crippen LogP) is 8.76. The molecule has 0 bridgehead atoms. The van der Waals surface area contributed by atoms with Gasteiger partial charge >= 0.3 is 11.7 Å². The minimum Gasteiger partial charge on any atom is -0.481 e. The molecule has 4 fully saturated rings. The molecule has 16 nitrogen and oxygen atoms in total. The third-order valence-electron chi connectivity index (χ3n) is 15.7. The lowest BCUT2D eigenvalue weighted by Crippen LogP contribution is -2.56. The van der Waals surface area contributed by atoms with E-state index in [1.165, 1.54) is 31.7 Å². The highest BCUT2D eigenvalue weighted by molar-refractivity contribution is 5.95. The number of carboxylic acid groups (broad SMARTS) is 1. The first-order valence-electron chi connectivity index (χ1n) is 22.3. The van der Waals surface area contributed by atoms with Crippen molar-refractivity contribution >= 4 is 34.3 Å².